The number of halogens is 2. The van der Waals surface area contributed by atoms with Gasteiger partial charge in [0.25, 0.3) is 5.92 Å². The highest BCUT2D eigenvalue weighted by molar-refractivity contribution is 5.80. The third-order valence-corrected chi connectivity index (χ3v) is 3.28. The van der Waals surface area contributed by atoms with Crippen molar-refractivity contribution in [3.05, 3.63) is 0 Å². The molecular weight excluding hydrogens is 218 g/mol. The molecule has 0 aromatic carbocycles. The van der Waals surface area contributed by atoms with Crippen molar-refractivity contribution in [2.24, 2.45) is 5.92 Å². The Labute approximate surface area is 92.6 Å². The quantitative estimate of drug-likeness (QED) is 0.697. The predicted molar refractivity (Wildman–Crippen MR) is 53.1 cm³/mol. The molecule has 2 aliphatic rings. The third-order valence-electron chi connectivity index (χ3n) is 3.28. The minimum Gasteiger partial charge on any atom is -0.394 e. The standard InChI is InChI=1S/C10H16F2N2O2/c11-10(12)3-8(5-15)14(6-10)9(16)7-1-2-13-4-7/h7-8,13,15H,1-6H2/t7-,8-/m1/s1. The van der Waals surface area contributed by atoms with Crippen LogP contribution in [0.5, 0.6) is 0 Å². The number of alkyl halides is 2. The van der Waals surface area contributed by atoms with Gasteiger partial charge in [-0.25, -0.2) is 8.78 Å². The molecule has 1 amide bonds. The van der Waals surface area contributed by atoms with Gasteiger partial charge < -0.3 is 15.3 Å². The van der Waals surface area contributed by atoms with Crippen LogP contribution >= 0.6 is 0 Å². The highest BCUT2D eigenvalue weighted by Crippen LogP contribution is 2.33. The van der Waals surface area contributed by atoms with E-state index in [0.717, 1.165) is 11.4 Å². The fourth-order valence-corrected chi connectivity index (χ4v) is 2.42. The Morgan fingerprint density at radius 1 is 1.56 bits per heavy atom. The summed E-state index contributed by atoms with van der Waals surface area (Å²) in [5.74, 6) is -3.31. The van der Waals surface area contributed by atoms with Crippen LogP contribution in [0.15, 0.2) is 0 Å². The topological polar surface area (TPSA) is 52.6 Å². The number of rotatable bonds is 2. The van der Waals surface area contributed by atoms with E-state index < -0.39 is 24.9 Å². The summed E-state index contributed by atoms with van der Waals surface area (Å²) in [4.78, 5) is 13.1. The summed E-state index contributed by atoms with van der Waals surface area (Å²) in [5, 5.41) is 12.1. The fraction of sp³-hybridized carbons (Fsp3) is 0.900. The number of aliphatic hydroxyl groups is 1. The van der Waals surface area contributed by atoms with Crippen molar-refractivity contribution in [2.75, 3.05) is 26.2 Å². The molecule has 6 heteroatoms. The molecule has 2 heterocycles. The Hall–Kier alpha value is -0.750. The van der Waals surface area contributed by atoms with Crippen molar-refractivity contribution in [2.45, 2.75) is 24.8 Å². The second-order valence-electron chi connectivity index (χ2n) is 4.55. The molecule has 0 saturated carbocycles. The maximum atomic E-state index is 13.2. The van der Waals surface area contributed by atoms with Crippen LogP contribution in [0.2, 0.25) is 0 Å². The summed E-state index contributed by atoms with van der Waals surface area (Å²) in [6.07, 6.45) is 0.272. The van der Waals surface area contributed by atoms with Crippen LogP contribution in [0.3, 0.4) is 0 Å². The number of nitrogens with zero attached hydrogens (tertiary/aromatic N) is 1. The van der Waals surface area contributed by atoms with E-state index in [4.69, 9.17) is 5.11 Å². The molecule has 0 aliphatic carbocycles. The highest BCUT2D eigenvalue weighted by atomic mass is 19.3. The molecule has 0 bridgehead atoms. The number of hydrogen-bond acceptors (Lipinski definition) is 3. The molecule has 2 atom stereocenters. The largest absolute Gasteiger partial charge is 0.394 e. The number of hydrogen-bond donors (Lipinski definition) is 2. The number of carbonyl (C=O) groups is 1. The lowest BCUT2D eigenvalue weighted by molar-refractivity contribution is -0.137. The molecule has 2 aliphatic heterocycles. The van der Waals surface area contributed by atoms with Gasteiger partial charge >= 0.3 is 0 Å². The fourth-order valence-electron chi connectivity index (χ4n) is 2.42. The minimum atomic E-state index is -2.85. The molecule has 2 rings (SSSR count). The first-order chi connectivity index (χ1) is 7.53. The van der Waals surface area contributed by atoms with Crippen LogP contribution < -0.4 is 5.32 Å². The monoisotopic (exact) mass is 234 g/mol. The van der Waals surface area contributed by atoms with Crippen LogP contribution in [0.1, 0.15) is 12.8 Å². The van der Waals surface area contributed by atoms with E-state index in [1.807, 2.05) is 0 Å². The lowest BCUT2D eigenvalue weighted by atomic mass is 10.1. The summed E-state index contributed by atoms with van der Waals surface area (Å²) >= 11 is 0. The van der Waals surface area contributed by atoms with Gasteiger partial charge in [0.2, 0.25) is 5.91 Å². The van der Waals surface area contributed by atoms with Gasteiger partial charge in [0.1, 0.15) is 0 Å². The van der Waals surface area contributed by atoms with Gasteiger partial charge in [-0.05, 0) is 13.0 Å². The Morgan fingerprint density at radius 3 is 2.88 bits per heavy atom. The van der Waals surface area contributed by atoms with E-state index in [0.29, 0.717) is 13.0 Å². The first-order valence-electron chi connectivity index (χ1n) is 5.53. The van der Waals surface area contributed by atoms with Gasteiger partial charge in [-0.15, -0.1) is 0 Å². The molecule has 0 aromatic heterocycles. The first kappa shape index (κ1) is 11.7. The van der Waals surface area contributed by atoms with Crippen LogP contribution in [0.25, 0.3) is 0 Å². The number of nitrogens with one attached hydrogen (secondary N) is 1. The SMILES string of the molecule is O=C([C@@H]1CCNC1)N1CC(F)(F)C[C@@H]1CO. The Kier molecular flexibility index (Phi) is 3.12. The predicted octanol–water partition coefficient (Wildman–Crippen LogP) is -0.176. The summed E-state index contributed by atoms with van der Waals surface area (Å²) in [6, 6.07) is -0.719. The van der Waals surface area contributed by atoms with Crippen LogP contribution in [0.4, 0.5) is 8.78 Å². The van der Waals surface area contributed by atoms with E-state index in [2.05, 4.69) is 5.32 Å². The molecule has 2 saturated heterocycles. The molecular formula is C10H16F2N2O2. The maximum absolute atomic E-state index is 13.2. The average Bonchev–Trinajstić information content (AvgIpc) is 2.83. The van der Waals surface area contributed by atoms with E-state index in [9.17, 15) is 13.6 Å². The molecule has 2 fully saturated rings. The molecule has 0 aromatic rings. The number of likely N-dealkylation sites (tertiary alicyclic amines) is 1. The van der Waals surface area contributed by atoms with Gasteiger partial charge in [0.15, 0.2) is 0 Å². The zero-order chi connectivity index (χ0) is 11.8. The second-order valence-corrected chi connectivity index (χ2v) is 4.55. The van der Waals surface area contributed by atoms with Crippen molar-refractivity contribution >= 4 is 5.91 Å². The zero-order valence-electron chi connectivity index (χ0n) is 8.96. The summed E-state index contributed by atoms with van der Waals surface area (Å²) in [7, 11) is 0. The van der Waals surface area contributed by atoms with E-state index in [1.54, 1.807) is 0 Å². The van der Waals surface area contributed by atoms with Crippen molar-refractivity contribution in [3.8, 4) is 0 Å². The smallest absolute Gasteiger partial charge is 0.267 e. The lowest BCUT2D eigenvalue weighted by Gasteiger charge is -2.25. The first-order valence-corrected chi connectivity index (χ1v) is 5.53. The lowest BCUT2D eigenvalue weighted by Crippen LogP contribution is -2.42. The zero-order valence-corrected chi connectivity index (χ0v) is 8.96. The van der Waals surface area contributed by atoms with E-state index in [1.165, 1.54) is 0 Å². The van der Waals surface area contributed by atoms with Crippen LogP contribution in [0, 0.1) is 5.92 Å². The Morgan fingerprint density at radius 2 is 2.31 bits per heavy atom. The normalized spacial score (nSPS) is 33.3. The van der Waals surface area contributed by atoms with Crippen molar-refractivity contribution < 1.29 is 18.7 Å². The second kappa shape index (κ2) is 4.25. The Bertz CT molecular complexity index is 280. The molecule has 16 heavy (non-hydrogen) atoms. The Balaban J connectivity index is 2.04. The number of aliphatic hydroxyl groups excluding tert-OH is 1. The molecule has 2 N–H and O–H groups in total. The van der Waals surface area contributed by atoms with Crippen LogP contribution in [-0.2, 0) is 4.79 Å². The van der Waals surface area contributed by atoms with Crippen molar-refractivity contribution in [1.29, 1.82) is 0 Å². The van der Waals surface area contributed by atoms with Gasteiger partial charge in [-0.3, -0.25) is 4.79 Å². The minimum absolute atomic E-state index is 0.206. The maximum Gasteiger partial charge on any atom is 0.267 e. The molecule has 92 valence electrons. The number of carbonyl (C=O) groups excluding carboxylic acids is 1. The summed E-state index contributed by atoms with van der Waals surface area (Å²) in [5.41, 5.74) is 0. The molecule has 0 radical (unpaired) electrons. The van der Waals surface area contributed by atoms with Crippen molar-refractivity contribution in [1.82, 2.24) is 10.2 Å². The molecule has 0 unspecified atom stereocenters. The van der Waals surface area contributed by atoms with Gasteiger partial charge in [-0.2, -0.15) is 0 Å². The molecule has 4 nitrogen and oxygen atoms in total. The molecule has 0 spiro atoms. The van der Waals surface area contributed by atoms with Gasteiger partial charge in [0.05, 0.1) is 25.1 Å². The van der Waals surface area contributed by atoms with Gasteiger partial charge in [0, 0.05) is 13.0 Å². The van der Waals surface area contributed by atoms with Crippen LogP contribution in [-0.4, -0.2) is 54.1 Å². The van der Waals surface area contributed by atoms with Crippen molar-refractivity contribution in [3.63, 3.8) is 0 Å². The average molecular weight is 234 g/mol. The summed E-state index contributed by atoms with van der Waals surface area (Å²) in [6.45, 7) is 0.374. The number of amides is 1. The third kappa shape index (κ3) is 2.17. The van der Waals surface area contributed by atoms with Gasteiger partial charge in [-0.1, -0.05) is 0 Å². The van der Waals surface area contributed by atoms with E-state index >= 15 is 0 Å². The van der Waals surface area contributed by atoms with E-state index in [-0.39, 0.29) is 18.4 Å². The highest BCUT2D eigenvalue weighted by Gasteiger charge is 2.47. The summed E-state index contributed by atoms with van der Waals surface area (Å²) < 4.78 is 26.3.